The average molecular weight is 351 g/mol. The van der Waals surface area contributed by atoms with Crippen molar-refractivity contribution in [1.29, 1.82) is 0 Å². The SMILES string of the molecule is Clc1ccc(SC2C=C(c3ccccc3)Oc3ccccc32)cc1. The van der Waals surface area contributed by atoms with E-state index in [-0.39, 0.29) is 5.25 Å². The van der Waals surface area contributed by atoms with Crippen LogP contribution in [-0.2, 0) is 0 Å². The molecule has 0 fully saturated rings. The van der Waals surface area contributed by atoms with Gasteiger partial charge in [-0.15, -0.1) is 11.8 Å². The Morgan fingerprint density at radius 3 is 2.29 bits per heavy atom. The molecule has 3 aromatic rings. The molecular formula is C21H15ClOS. The molecule has 0 aliphatic carbocycles. The van der Waals surface area contributed by atoms with E-state index in [0.29, 0.717) is 0 Å². The van der Waals surface area contributed by atoms with Crippen LogP contribution in [0, 0.1) is 0 Å². The molecule has 1 nitrogen and oxygen atoms in total. The molecule has 1 atom stereocenters. The third-order valence-corrected chi connectivity index (χ3v) is 5.32. The van der Waals surface area contributed by atoms with Gasteiger partial charge in [-0.2, -0.15) is 0 Å². The van der Waals surface area contributed by atoms with Crippen molar-refractivity contribution >= 4 is 29.1 Å². The van der Waals surface area contributed by atoms with E-state index in [1.165, 1.54) is 10.5 Å². The zero-order chi connectivity index (χ0) is 16.4. The smallest absolute Gasteiger partial charge is 0.132 e. The van der Waals surface area contributed by atoms with Crippen LogP contribution in [0.1, 0.15) is 16.4 Å². The van der Waals surface area contributed by atoms with E-state index in [4.69, 9.17) is 16.3 Å². The van der Waals surface area contributed by atoms with Crippen molar-refractivity contribution in [2.24, 2.45) is 0 Å². The van der Waals surface area contributed by atoms with Gasteiger partial charge in [0.25, 0.3) is 0 Å². The summed E-state index contributed by atoms with van der Waals surface area (Å²) in [7, 11) is 0. The highest BCUT2D eigenvalue weighted by molar-refractivity contribution is 7.99. The van der Waals surface area contributed by atoms with E-state index in [2.05, 4.69) is 42.5 Å². The molecule has 1 unspecified atom stereocenters. The van der Waals surface area contributed by atoms with Crippen molar-refractivity contribution in [3.63, 3.8) is 0 Å². The molecular weight excluding hydrogens is 336 g/mol. The quantitative estimate of drug-likeness (QED) is 0.525. The van der Waals surface area contributed by atoms with Crippen molar-refractivity contribution in [2.45, 2.75) is 10.1 Å². The van der Waals surface area contributed by atoms with E-state index in [1.807, 2.05) is 42.5 Å². The normalized spacial score (nSPS) is 16.0. The number of para-hydroxylation sites is 1. The van der Waals surface area contributed by atoms with Crippen LogP contribution in [0.2, 0.25) is 5.02 Å². The third-order valence-electron chi connectivity index (χ3n) is 3.88. The minimum absolute atomic E-state index is 0.200. The highest BCUT2D eigenvalue weighted by Crippen LogP contribution is 2.45. The number of hydrogen-bond donors (Lipinski definition) is 0. The summed E-state index contributed by atoms with van der Waals surface area (Å²) in [5.74, 6) is 1.83. The molecule has 0 bridgehead atoms. The number of hydrogen-bond acceptors (Lipinski definition) is 2. The Morgan fingerprint density at radius 1 is 0.792 bits per heavy atom. The molecule has 0 spiro atoms. The molecule has 0 aromatic heterocycles. The summed E-state index contributed by atoms with van der Waals surface area (Å²) in [5, 5.41) is 0.957. The molecule has 24 heavy (non-hydrogen) atoms. The van der Waals surface area contributed by atoms with E-state index < -0.39 is 0 Å². The number of benzene rings is 3. The summed E-state index contributed by atoms with van der Waals surface area (Å²) >= 11 is 7.80. The van der Waals surface area contributed by atoms with E-state index in [9.17, 15) is 0 Å². The van der Waals surface area contributed by atoms with Crippen LogP contribution in [0.5, 0.6) is 5.75 Å². The standard InChI is InChI=1S/C21H15ClOS/c22-16-10-12-17(13-11-16)24-21-14-20(15-6-2-1-3-7-15)23-19-9-5-4-8-18(19)21/h1-14,21H. The Balaban J connectivity index is 1.72. The van der Waals surface area contributed by atoms with Gasteiger partial charge in [-0.25, -0.2) is 0 Å². The molecule has 3 aromatic carbocycles. The van der Waals surface area contributed by atoms with Gasteiger partial charge in [0.15, 0.2) is 0 Å². The molecule has 0 saturated carbocycles. The maximum atomic E-state index is 6.13. The summed E-state index contributed by atoms with van der Waals surface area (Å²) in [4.78, 5) is 1.18. The third kappa shape index (κ3) is 3.21. The summed E-state index contributed by atoms with van der Waals surface area (Å²) in [6.45, 7) is 0. The molecule has 1 aliphatic heterocycles. The van der Waals surface area contributed by atoms with Crippen LogP contribution in [0.15, 0.2) is 89.8 Å². The molecule has 0 amide bonds. The number of thioether (sulfide) groups is 1. The van der Waals surface area contributed by atoms with Gasteiger partial charge >= 0.3 is 0 Å². The lowest BCUT2D eigenvalue weighted by Crippen LogP contribution is -2.07. The highest BCUT2D eigenvalue weighted by atomic mass is 35.5. The zero-order valence-corrected chi connectivity index (χ0v) is 14.4. The fraction of sp³-hybridized carbons (Fsp3) is 0.0476. The van der Waals surface area contributed by atoms with Gasteiger partial charge in [0.2, 0.25) is 0 Å². The number of rotatable bonds is 3. The second-order valence-electron chi connectivity index (χ2n) is 5.53. The van der Waals surface area contributed by atoms with Gasteiger partial charge in [-0.05, 0) is 36.4 Å². The molecule has 0 saturated heterocycles. The molecule has 0 radical (unpaired) electrons. The summed E-state index contributed by atoms with van der Waals surface area (Å²) in [6.07, 6.45) is 2.19. The molecule has 118 valence electrons. The van der Waals surface area contributed by atoms with Crippen LogP contribution in [0.3, 0.4) is 0 Å². The summed E-state index contributed by atoms with van der Waals surface area (Å²) in [5.41, 5.74) is 2.28. The van der Waals surface area contributed by atoms with Crippen LogP contribution in [0.4, 0.5) is 0 Å². The Hall–Kier alpha value is -2.16. The maximum absolute atomic E-state index is 6.13. The first-order valence-electron chi connectivity index (χ1n) is 7.76. The lowest BCUT2D eigenvalue weighted by atomic mass is 10.0. The molecule has 4 rings (SSSR count). The van der Waals surface area contributed by atoms with Crippen molar-refractivity contribution in [2.75, 3.05) is 0 Å². The van der Waals surface area contributed by atoms with Crippen LogP contribution >= 0.6 is 23.4 Å². The van der Waals surface area contributed by atoms with Crippen molar-refractivity contribution < 1.29 is 4.74 Å². The first-order chi connectivity index (χ1) is 11.8. The fourth-order valence-corrected chi connectivity index (χ4v) is 3.93. The number of fused-ring (bicyclic) bond motifs is 1. The van der Waals surface area contributed by atoms with E-state index >= 15 is 0 Å². The Morgan fingerprint density at radius 2 is 1.50 bits per heavy atom. The molecule has 0 N–H and O–H groups in total. The minimum atomic E-state index is 0.200. The van der Waals surface area contributed by atoms with E-state index in [1.54, 1.807) is 11.8 Å². The fourth-order valence-electron chi connectivity index (χ4n) is 2.70. The van der Waals surface area contributed by atoms with Gasteiger partial charge in [0, 0.05) is 21.0 Å². The minimum Gasteiger partial charge on any atom is -0.457 e. The number of halogens is 1. The topological polar surface area (TPSA) is 9.23 Å². The predicted octanol–water partition coefficient (Wildman–Crippen LogP) is 6.61. The Kier molecular flexibility index (Phi) is 4.33. The van der Waals surface area contributed by atoms with E-state index in [0.717, 1.165) is 22.1 Å². The van der Waals surface area contributed by atoms with Gasteiger partial charge < -0.3 is 4.74 Å². The van der Waals surface area contributed by atoms with Crippen molar-refractivity contribution in [3.05, 3.63) is 101 Å². The summed E-state index contributed by atoms with van der Waals surface area (Å²) in [6, 6.07) is 26.4. The lowest BCUT2D eigenvalue weighted by Gasteiger charge is -2.24. The monoisotopic (exact) mass is 350 g/mol. The van der Waals surface area contributed by atoms with Crippen molar-refractivity contribution in [1.82, 2.24) is 0 Å². The predicted molar refractivity (Wildman–Crippen MR) is 102 cm³/mol. The second-order valence-corrected chi connectivity index (χ2v) is 7.18. The summed E-state index contributed by atoms with van der Waals surface area (Å²) < 4.78 is 6.13. The Labute approximate surface area is 150 Å². The van der Waals surface area contributed by atoms with Crippen LogP contribution in [-0.4, -0.2) is 0 Å². The zero-order valence-electron chi connectivity index (χ0n) is 12.9. The molecule has 1 aliphatic rings. The van der Waals surface area contributed by atoms with Gasteiger partial charge in [-0.1, -0.05) is 60.1 Å². The largest absolute Gasteiger partial charge is 0.457 e. The highest BCUT2D eigenvalue weighted by Gasteiger charge is 2.23. The van der Waals surface area contributed by atoms with Crippen LogP contribution in [0.25, 0.3) is 5.76 Å². The van der Waals surface area contributed by atoms with Gasteiger partial charge in [0.1, 0.15) is 11.5 Å². The average Bonchev–Trinajstić information content (AvgIpc) is 2.64. The van der Waals surface area contributed by atoms with Crippen LogP contribution < -0.4 is 4.74 Å². The number of ether oxygens (including phenoxy) is 1. The lowest BCUT2D eigenvalue weighted by molar-refractivity contribution is 0.497. The van der Waals surface area contributed by atoms with Gasteiger partial charge in [0.05, 0.1) is 5.25 Å². The second kappa shape index (κ2) is 6.76. The van der Waals surface area contributed by atoms with Gasteiger partial charge in [-0.3, -0.25) is 0 Å². The van der Waals surface area contributed by atoms with Crippen molar-refractivity contribution in [3.8, 4) is 5.75 Å². The maximum Gasteiger partial charge on any atom is 0.132 e. The first kappa shape index (κ1) is 15.4. The first-order valence-corrected chi connectivity index (χ1v) is 9.01. The molecule has 3 heteroatoms. The Bertz CT molecular complexity index is 872. The molecule has 1 heterocycles.